The van der Waals surface area contributed by atoms with Crippen molar-refractivity contribution in [2.24, 2.45) is 11.8 Å². The molecule has 0 radical (unpaired) electrons. The smallest absolute Gasteiger partial charge is 0.314 e. The van der Waals surface area contributed by atoms with Crippen LogP contribution in [0.25, 0.3) is 0 Å². The highest BCUT2D eigenvalue weighted by Crippen LogP contribution is 2.33. The molecule has 1 aromatic heterocycles. The van der Waals surface area contributed by atoms with Crippen LogP contribution in [-0.4, -0.2) is 11.0 Å². The van der Waals surface area contributed by atoms with E-state index in [2.05, 4.69) is 43.1 Å². The third kappa shape index (κ3) is 9.24. The first-order valence-corrected chi connectivity index (χ1v) is 13.9. The van der Waals surface area contributed by atoms with Crippen molar-refractivity contribution in [3.05, 3.63) is 59.4 Å². The topological polar surface area (TPSA) is 39.2 Å². The Hall–Kier alpha value is -2.16. The molecule has 3 nitrogen and oxygen atoms in total. The molecule has 34 heavy (non-hydrogen) atoms. The van der Waals surface area contributed by atoms with Crippen LogP contribution in [-0.2, 0) is 24.1 Å². The zero-order valence-electron chi connectivity index (χ0n) is 21.6. The van der Waals surface area contributed by atoms with Gasteiger partial charge in [-0.2, -0.15) is 0 Å². The second kappa shape index (κ2) is 15.0. The van der Waals surface area contributed by atoms with Gasteiger partial charge in [-0.1, -0.05) is 77.0 Å². The van der Waals surface area contributed by atoms with Crippen molar-refractivity contribution in [2.45, 2.75) is 110 Å². The lowest BCUT2D eigenvalue weighted by Gasteiger charge is -2.27. The van der Waals surface area contributed by atoms with Gasteiger partial charge in [0.2, 0.25) is 0 Å². The molecule has 0 aliphatic heterocycles. The van der Waals surface area contributed by atoms with Crippen molar-refractivity contribution in [1.29, 1.82) is 0 Å². The van der Waals surface area contributed by atoms with Crippen LogP contribution in [0.4, 0.5) is 0 Å². The molecule has 1 heterocycles. The average Bonchev–Trinajstić information content (AvgIpc) is 2.87. The van der Waals surface area contributed by atoms with Gasteiger partial charge in [0.05, 0.1) is 5.92 Å². The van der Waals surface area contributed by atoms with Crippen molar-refractivity contribution in [2.75, 3.05) is 0 Å². The van der Waals surface area contributed by atoms with Crippen LogP contribution in [0.2, 0.25) is 0 Å². The van der Waals surface area contributed by atoms with Gasteiger partial charge >= 0.3 is 5.97 Å². The molecule has 0 spiro atoms. The van der Waals surface area contributed by atoms with Crippen molar-refractivity contribution in [3.63, 3.8) is 0 Å². The van der Waals surface area contributed by atoms with Crippen molar-refractivity contribution < 1.29 is 9.53 Å². The normalized spacial score (nSPS) is 18.1. The van der Waals surface area contributed by atoms with Crippen LogP contribution >= 0.6 is 0 Å². The summed E-state index contributed by atoms with van der Waals surface area (Å²) in [5.74, 6) is 1.51. The maximum absolute atomic E-state index is 12.6. The summed E-state index contributed by atoms with van der Waals surface area (Å²) in [7, 11) is 0. The van der Waals surface area contributed by atoms with Crippen molar-refractivity contribution in [3.8, 4) is 5.75 Å². The molecule has 0 atom stereocenters. The lowest BCUT2D eigenvalue weighted by Crippen LogP contribution is -2.25. The van der Waals surface area contributed by atoms with E-state index < -0.39 is 0 Å². The Kier molecular flexibility index (Phi) is 11.6. The number of carbonyl (C=O) groups excluding carboxylic acids is 1. The number of nitrogens with zero attached hydrogens (tertiary/aromatic N) is 1. The minimum Gasteiger partial charge on any atom is -0.426 e. The molecule has 0 N–H and O–H groups in total. The fraction of sp³-hybridized carbons (Fsp3) is 0.613. The Morgan fingerprint density at radius 3 is 2.18 bits per heavy atom. The summed E-state index contributed by atoms with van der Waals surface area (Å²) in [6.07, 6.45) is 19.8. The Morgan fingerprint density at radius 1 is 0.794 bits per heavy atom. The molecule has 1 aromatic carbocycles. The summed E-state index contributed by atoms with van der Waals surface area (Å²) >= 11 is 0. The van der Waals surface area contributed by atoms with E-state index in [1.807, 2.05) is 18.3 Å². The van der Waals surface area contributed by atoms with Gasteiger partial charge in [-0.05, 0) is 86.6 Å². The van der Waals surface area contributed by atoms with Gasteiger partial charge in [-0.15, -0.1) is 0 Å². The van der Waals surface area contributed by atoms with Gasteiger partial charge in [0.15, 0.2) is 0 Å². The zero-order valence-corrected chi connectivity index (χ0v) is 21.6. The number of aromatic nitrogens is 1. The molecule has 1 fully saturated rings. The average molecular weight is 464 g/mol. The monoisotopic (exact) mass is 463 g/mol. The Morgan fingerprint density at radius 2 is 1.50 bits per heavy atom. The number of pyridine rings is 1. The van der Waals surface area contributed by atoms with Gasteiger partial charge in [-0.3, -0.25) is 9.78 Å². The minimum absolute atomic E-state index is 0.0413. The number of hydrogen-bond donors (Lipinski definition) is 0. The molecular formula is C31H45NO2. The van der Waals surface area contributed by atoms with E-state index in [0.717, 1.165) is 43.7 Å². The van der Waals surface area contributed by atoms with Crippen LogP contribution in [0.1, 0.15) is 108 Å². The zero-order chi connectivity index (χ0) is 24.0. The molecule has 0 bridgehead atoms. The van der Waals surface area contributed by atoms with Gasteiger partial charge in [0.25, 0.3) is 0 Å². The van der Waals surface area contributed by atoms with Gasteiger partial charge in [0, 0.05) is 11.9 Å². The van der Waals surface area contributed by atoms with Gasteiger partial charge in [0.1, 0.15) is 5.75 Å². The lowest BCUT2D eigenvalue weighted by atomic mass is 9.80. The van der Waals surface area contributed by atoms with Crippen LogP contribution < -0.4 is 4.74 Å². The van der Waals surface area contributed by atoms with Crippen LogP contribution in [0.3, 0.4) is 0 Å². The van der Waals surface area contributed by atoms with Crippen molar-refractivity contribution in [1.82, 2.24) is 4.98 Å². The molecule has 1 saturated carbocycles. The van der Waals surface area contributed by atoms with Crippen LogP contribution in [0.5, 0.6) is 5.75 Å². The number of unbranched alkanes of at least 4 members (excludes halogenated alkanes) is 5. The van der Waals surface area contributed by atoms with E-state index in [4.69, 9.17) is 4.74 Å². The third-order valence-corrected chi connectivity index (χ3v) is 7.41. The van der Waals surface area contributed by atoms with E-state index >= 15 is 0 Å². The highest BCUT2D eigenvalue weighted by molar-refractivity contribution is 5.75. The summed E-state index contributed by atoms with van der Waals surface area (Å²) in [6, 6.07) is 12.4. The molecule has 3 rings (SSSR count). The first-order valence-electron chi connectivity index (χ1n) is 13.9. The SMILES string of the molecule is CCCCCCC1CCC(C(=O)Oc2ccc(CCc3ccc(CCCCC)cn3)cc2)CC1. The van der Waals surface area contributed by atoms with Gasteiger partial charge in [-0.25, -0.2) is 0 Å². The summed E-state index contributed by atoms with van der Waals surface area (Å²) in [4.78, 5) is 17.3. The molecule has 2 aromatic rings. The van der Waals surface area contributed by atoms with E-state index in [-0.39, 0.29) is 11.9 Å². The highest BCUT2D eigenvalue weighted by Gasteiger charge is 2.27. The second-order valence-electron chi connectivity index (χ2n) is 10.2. The predicted octanol–water partition coefficient (Wildman–Crippen LogP) is 8.28. The first kappa shape index (κ1) is 26.4. The Bertz CT molecular complexity index is 820. The van der Waals surface area contributed by atoms with Gasteiger partial charge < -0.3 is 4.74 Å². The molecule has 0 amide bonds. The summed E-state index contributed by atoms with van der Waals surface area (Å²) in [5, 5.41) is 0. The molecule has 1 aliphatic rings. The third-order valence-electron chi connectivity index (χ3n) is 7.41. The second-order valence-corrected chi connectivity index (χ2v) is 10.2. The summed E-state index contributed by atoms with van der Waals surface area (Å²) in [6.45, 7) is 4.50. The molecule has 3 heteroatoms. The number of benzene rings is 1. The van der Waals surface area contributed by atoms with E-state index in [0.29, 0.717) is 5.75 Å². The number of carbonyl (C=O) groups is 1. The number of ether oxygens (including phenoxy) is 1. The number of aryl methyl sites for hydroxylation is 3. The van der Waals surface area contributed by atoms with Crippen LogP contribution in [0.15, 0.2) is 42.6 Å². The van der Waals surface area contributed by atoms with E-state index in [9.17, 15) is 4.79 Å². The maximum atomic E-state index is 12.6. The predicted molar refractivity (Wildman–Crippen MR) is 141 cm³/mol. The standard InChI is InChI=1S/C31H45NO2/c1-3-5-7-9-10-25-12-18-28(19-13-25)31(33)34-30-22-16-26(17-23-30)14-20-29-21-15-27(24-32-29)11-8-6-4-2/h15-17,21-25,28H,3-14,18-20H2,1-2H3. The summed E-state index contributed by atoms with van der Waals surface area (Å²) in [5.41, 5.74) is 3.72. The molecular weight excluding hydrogens is 418 g/mol. The van der Waals surface area contributed by atoms with Crippen LogP contribution in [0, 0.1) is 11.8 Å². The minimum atomic E-state index is -0.0413. The summed E-state index contributed by atoms with van der Waals surface area (Å²) < 4.78 is 5.72. The fourth-order valence-corrected chi connectivity index (χ4v) is 5.07. The molecule has 0 saturated heterocycles. The fourth-order valence-electron chi connectivity index (χ4n) is 5.07. The molecule has 186 valence electrons. The first-order chi connectivity index (χ1) is 16.7. The van der Waals surface area contributed by atoms with Crippen molar-refractivity contribution >= 4 is 5.97 Å². The number of hydrogen-bond acceptors (Lipinski definition) is 3. The lowest BCUT2D eigenvalue weighted by molar-refractivity contribution is -0.140. The Labute approximate surface area is 207 Å². The van der Waals surface area contributed by atoms with E-state index in [1.165, 1.54) is 75.3 Å². The maximum Gasteiger partial charge on any atom is 0.314 e. The molecule has 1 aliphatic carbocycles. The largest absolute Gasteiger partial charge is 0.426 e. The quantitative estimate of drug-likeness (QED) is 0.161. The molecule has 0 unspecified atom stereocenters. The Balaban J connectivity index is 1.36. The van der Waals surface area contributed by atoms with E-state index in [1.54, 1.807) is 0 Å². The number of rotatable bonds is 14. The number of esters is 1. The highest BCUT2D eigenvalue weighted by atomic mass is 16.5.